The van der Waals surface area contributed by atoms with Crippen molar-refractivity contribution in [2.24, 2.45) is 0 Å². The van der Waals surface area contributed by atoms with Gasteiger partial charge < -0.3 is 4.55 Å². The van der Waals surface area contributed by atoms with Crippen molar-refractivity contribution in [2.75, 3.05) is 0 Å². The van der Waals surface area contributed by atoms with Gasteiger partial charge in [-0.25, -0.2) is 0 Å². The summed E-state index contributed by atoms with van der Waals surface area (Å²) in [6, 6.07) is 3.24. The molecule has 0 heterocycles. The monoisotopic (exact) mass is 371 g/mol. The number of rotatable bonds is 3. The molecule has 0 radical (unpaired) electrons. The van der Waals surface area contributed by atoms with Crippen molar-refractivity contribution in [3.05, 3.63) is 33.8 Å². The molecule has 20 heavy (non-hydrogen) atoms. The van der Waals surface area contributed by atoms with E-state index < -0.39 is 33.9 Å². The zero-order valence-electron chi connectivity index (χ0n) is 11.6. The fourth-order valence-electron chi connectivity index (χ4n) is 1.43. The molecule has 0 fully saturated rings. The minimum Gasteiger partial charge on any atom is -0.598 e. The van der Waals surface area contributed by atoms with E-state index in [4.69, 9.17) is 0 Å². The van der Waals surface area contributed by atoms with Gasteiger partial charge in [-0.3, -0.25) is 0 Å². The van der Waals surface area contributed by atoms with Crippen LogP contribution >= 0.6 is 15.9 Å². The summed E-state index contributed by atoms with van der Waals surface area (Å²) in [4.78, 5) is 0. The van der Waals surface area contributed by atoms with Crippen LogP contribution < -0.4 is 4.72 Å². The largest absolute Gasteiger partial charge is 0.598 e. The Labute approximate surface area is 128 Å². The highest BCUT2D eigenvalue weighted by atomic mass is 79.9. The van der Waals surface area contributed by atoms with Gasteiger partial charge in [0.05, 0.1) is 11.6 Å². The van der Waals surface area contributed by atoms with Crippen LogP contribution in [0.15, 0.2) is 22.7 Å². The summed E-state index contributed by atoms with van der Waals surface area (Å²) in [6.07, 6.45) is -4.40. The molecule has 114 valence electrons. The zero-order chi connectivity index (χ0) is 15.7. The molecule has 1 rings (SSSR count). The van der Waals surface area contributed by atoms with Gasteiger partial charge in [0.2, 0.25) is 0 Å². The van der Waals surface area contributed by atoms with Gasteiger partial charge in [0.1, 0.15) is 4.75 Å². The highest BCUT2D eigenvalue weighted by Crippen LogP contribution is 2.33. The van der Waals surface area contributed by atoms with E-state index in [1.54, 1.807) is 33.8 Å². The molecule has 1 aromatic rings. The number of benzene rings is 1. The van der Waals surface area contributed by atoms with Crippen LogP contribution in [0.4, 0.5) is 13.2 Å². The maximum absolute atomic E-state index is 12.8. The number of halogens is 4. The van der Waals surface area contributed by atoms with Crippen LogP contribution in [0.3, 0.4) is 0 Å². The Balaban J connectivity index is 2.99. The van der Waals surface area contributed by atoms with Crippen LogP contribution in [0, 0.1) is 0 Å². The highest BCUT2D eigenvalue weighted by Gasteiger charge is 2.32. The molecule has 0 aliphatic heterocycles. The van der Waals surface area contributed by atoms with E-state index in [0.29, 0.717) is 10.0 Å². The summed E-state index contributed by atoms with van der Waals surface area (Å²) in [5, 5.41) is 0. The molecule has 2 atom stereocenters. The smallest absolute Gasteiger partial charge is 0.416 e. The Hall–Kier alpha value is -0.240. The third-order valence-electron chi connectivity index (χ3n) is 2.59. The summed E-state index contributed by atoms with van der Waals surface area (Å²) < 4.78 is 53.0. The number of nitrogens with one attached hydrogen (secondary N) is 1. The molecule has 0 spiro atoms. The van der Waals surface area contributed by atoms with E-state index >= 15 is 0 Å². The molecule has 7 heteroatoms. The summed E-state index contributed by atoms with van der Waals surface area (Å²) in [5.74, 6) is 0. The first-order valence-electron chi connectivity index (χ1n) is 5.97. The quantitative estimate of drug-likeness (QED) is 0.789. The Morgan fingerprint density at radius 1 is 1.20 bits per heavy atom. The number of hydrogen-bond donors (Lipinski definition) is 1. The lowest BCUT2D eigenvalue weighted by molar-refractivity contribution is -0.137. The molecule has 0 aromatic heterocycles. The second-order valence-electron chi connectivity index (χ2n) is 5.49. The summed E-state index contributed by atoms with van der Waals surface area (Å²) >= 11 is 1.73. The molecule has 0 amide bonds. The second-order valence-corrected chi connectivity index (χ2v) is 8.41. The van der Waals surface area contributed by atoms with Crippen molar-refractivity contribution in [1.82, 2.24) is 4.72 Å². The fraction of sp³-hybridized carbons (Fsp3) is 0.538. The van der Waals surface area contributed by atoms with Gasteiger partial charge in [0.15, 0.2) is 0 Å². The fourth-order valence-corrected chi connectivity index (χ4v) is 2.75. The van der Waals surface area contributed by atoms with Crippen LogP contribution in [0.1, 0.15) is 44.9 Å². The van der Waals surface area contributed by atoms with E-state index in [-0.39, 0.29) is 0 Å². The lowest BCUT2D eigenvalue weighted by Gasteiger charge is -2.26. The molecular weight excluding hydrogens is 355 g/mol. The second kappa shape index (κ2) is 6.25. The predicted octanol–water partition coefficient (Wildman–Crippen LogP) is 4.58. The number of alkyl halides is 3. The Kier molecular flexibility index (Phi) is 5.57. The Bertz CT molecular complexity index is 474. The van der Waals surface area contributed by atoms with E-state index in [9.17, 15) is 17.7 Å². The van der Waals surface area contributed by atoms with Gasteiger partial charge in [0, 0.05) is 15.8 Å². The van der Waals surface area contributed by atoms with Crippen LogP contribution in [0.2, 0.25) is 0 Å². The standard InChI is InChI=1S/C13H17BrF3NOS/c1-8(18-20(19)12(2,3)4)9-5-10(13(15,16)17)7-11(14)6-9/h5-8,18H,1-4H3/t8-,20?/m1/s1. The molecule has 0 aliphatic carbocycles. The molecule has 0 saturated heterocycles. The summed E-state index contributed by atoms with van der Waals surface area (Å²) in [7, 11) is 0. The SMILES string of the molecule is C[C@@H](N[S+]([O-])C(C)(C)C)c1cc(Br)cc(C(F)(F)F)c1. The van der Waals surface area contributed by atoms with Crippen LogP contribution in [0.5, 0.6) is 0 Å². The van der Waals surface area contributed by atoms with Crippen molar-refractivity contribution in [3.63, 3.8) is 0 Å². The topological polar surface area (TPSA) is 35.1 Å². The van der Waals surface area contributed by atoms with Crippen LogP contribution in [-0.2, 0) is 17.5 Å². The molecular formula is C13H17BrF3NOS. The first-order valence-corrected chi connectivity index (χ1v) is 7.91. The highest BCUT2D eigenvalue weighted by molar-refractivity contribution is 9.10. The van der Waals surface area contributed by atoms with Gasteiger partial charge in [-0.05, 0) is 51.5 Å². The Morgan fingerprint density at radius 2 is 1.75 bits per heavy atom. The average Bonchev–Trinajstić information content (AvgIpc) is 2.25. The van der Waals surface area contributed by atoms with Gasteiger partial charge in [-0.1, -0.05) is 15.9 Å². The van der Waals surface area contributed by atoms with Crippen molar-refractivity contribution in [1.29, 1.82) is 0 Å². The molecule has 0 aliphatic rings. The van der Waals surface area contributed by atoms with E-state index in [1.807, 2.05) is 0 Å². The van der Waals surface area contributed by atoms with Gasteiger partial charge >= 0.3 is 6.18 Å². The molecule has 1 aromatic carbocycles. The predicted molar refractivity (Wildman–Crippen MR) is 78.6 cm³/mol. The lowest BCUT2D eigenvalue weighted by Crippen LogP contribution is -2.40. The molecule has 2 nitrogen and oxygen atoms in total. The maximum atomic E-state index is 12.8. The third-order valence-corrected chi connectivity index (χ3v) is 4.73. The van der Waals surface area contributed by atoms with Gasteiger partial charge in [-0.15, -0.1) is 4.72 Å². The molecule has 0 bridgehead atoms. The first-order chi connectivity index (χ1) is 8.91. The summed E-state index contributed by atoms with van der Waals surface area (Å²) in [6.45, 7) is 7.08. The molecule has 0 saturated carbocycles. The third kappa shape index (κ3) is 4.95. The van der Waals surface area contributed by atoms with E-state index in [1.165, 1.54) is 0 Å². The van der Waals surface area contributed by atoms with E-state index in [2.05, 4.69) is 20.7 Å². The van der Waals surface area contributed by atoms with E-state index in [0.717, 1.165) is 12.1 Å². The first kappa shape index (κ1) is 17.8. The van der Waals surface area contributed by atoms with Crippen molar-refractivity contribution in [2.45, 2.75) is 44.7 Å². The van der Waals surface area contributed by atoms with Gasteiger partial charge in [-0.2, -0.15) is 13.2 Å². The molecule has 1 N–H and O–H groups in total. The Morgan fingerprint density at radius 3 is 2.20 bits per heavy atom. The number of hydrogen-bond acceptors (Lipinski definition) is 2. The minimum atomic E-state index is -4.40. The zero-order valence-corrected chi connectivity index (χ0v) is 14.0. The van der Waals surface area contributed by atoms with Crippen LogP contribution in [0.25, 0.3) is 0 Å². The van der Waals surface area contributed by atoms with Gasteiger partial charge in [0.25, 0.3) is 0 Å². The average molecular weight is 372 g/mol. The van der Waals surface area contributed by atoms with Crippen molar-refractivity contribution in [3.8, 4) is 0 Å². The lowest BCUT2D eigenvalue weighted by atomic mass is 10.1. The summed E-state index contributed by atoms with van der Waals surface area (Å²) in [5.41, 5.74) is -0.290. The maximum Gasteiger partial charge on any atom is 0.416 e. The van der Waals surface area contributed by atoms with Crippen molar-refractivity contribution < 1.29 is 17.7 Å². The van der Waals surface area contributed by atoms with Crippen LogP contribution in [-0.4, -0.2) is 9.30 Å². The molecule has 1 unspecified atom stereocenters. The minimum absolute atomic E-state index is 0.345. The van der Waals surface area contributed by atoms with Crippen molar-refractivity contribution >= 4 is 27.3 Å². The normalized spacial score (nSPS) is 16.1.